The van der Waals surface area contributed by atoms with E-state index < -0.39 is 0 Å². The van der Waals surface area contributed by atoms with Crippen molar-refractivity contribution in [2.45, 2.75) is 0 Å². The Labute approximate surface area is 38.4 Å². The second kappa shape index (κ2) is 4.37. The van der Waals surface area contributed by atoms with Gasteiger partial charge >= 0.3 is 7.48 Å². The first kappa shape index (κ1) is 5.37. The van der Waals surface area contributed by atoms with Crippen LogP contribution in [0.15, 0.2) is 0 Å². The molecule has 0 saturated heterocycles. The van der Waals surface area contributed by atoms with Crippen molar-refractivity contribution in [2.75, 3.05) is 12.8 Å². The van der Waals surface area contributed by atoms with Gasteiger partial charge in [0.15, 0.2) is 0 Å². The summed E-state index contributed by atoms with van der Waals surface area (Å²) in [5, 5.41) is 0. The number of rotatable bonds is 2. The van der Waals surface area contributed by atoms with E-state index in [1.807, 2.05) is 0 Å². The fourth-order valence-corrected chi connectivity index (χ4v) is 0.224. The Balaban J connectivity index is 2.19. The van der Waals surface area contributed by atoms with Crippen molar-refractivity contribution in [1.82, 2.24) is 0 Å². The molecule has 0 fully saturated rings. The lowest BCUT2D eigenvalue weighted by Crippen LogP contribution is -1.92. The first-order valence-electron chi connectivity index (χ1n) is 1.37. The molecule has 1 nitrogen and oxygen atoms in total. The normalized spacial score (nSPS) is 7.60. The number of hydrogen-bond acceptors (Lipinski definition) is 2. The molecule has 0 aliphatic carbocycles. The van der Waals surface area contributed by atoms with Crippen LogP contribution in [0.5, 0.6) is 0 Å². The van der Waals surface area contributed by atoms with Gasteiger partial charge in [0.2, 0.25) is 0 Å². The Morgan fingerprint density at radius 3 is 2.60 bits per heavy atom. The van der Waals surface area contributed by atoms with E-state index in [4.69, 9.17) is 0 Å². The van der Waals surface area contributed by atoms with E-state index in [-0.39, 0.29) is 0 Å². The Morgan fingerprint density at radius 1 is 2.00 bits per heavy atom. The van der Waals surface area contributed by atoms with E-state index in [1.54, 1.807) is 14.6 Å². The summed E-state index contributed by atoms with van der Waals surface area (Å²) in [7, 11) is 3.22. The summed E-state index contributed by atoms with van der Waals surface area (Å²) in [5.41, 5.74) is 0.691. The van der Waals surface area contributed by atoms with Gasteiger partial charge < -0.3 is 4.65 Å². The highest BCUT2D eigenvalue weighted by Crippen LogP contribution is 1.65. The molecule has 0 rings (SSSR count). The van der Waals surface area contributed by atoms with E-state index >= 15 is 0 Å². The van der Waals surface area contributed by atoms with E-state index in [1.165, 1.54) is 0 Å². The SMILES string of the molecule is CO[B]CS. The summed E-state index contributed by atoms with van der Waals surface area (Å²) < 4.78 is 4.49. The van der Waals surface area contributed by atoms with Gasteiger partial charge in [-0.05, 0) is 5.65 Å². The van der Waals surface area contributed by atoms with Crippen LogP contribution in [0.3, 0.4) is 0 Å². The summed E-state index contributed by atoms with van der Waals surface area (Å²) in [6.45, 7) is 0. The number of hydrogen-bond donors (Lipinski definition) is 1. The summed E-state index contributed by atoms with van der Waals surface area (Å²) >= 11 is 3.82. The molecule has 29 valence electrons. The highest BCUT2D eigenvalue weighted by atomic mass is 32.1. The van der Waals surface area contributed by atoms with E-state index in [9.17, 15) is 0 Å². The van der Waals surface area contributed by atoms with Gasteiger partial charge in [-0.15, -0.1) is 0 Å². The molecular formula is C2H6BOS. The van der Waals surface area contributed by atoms with Gasteiger partial charge in [-0.1, -0.05) is 0 Å². The third-order valence-corrected chi connectivity index (χ3v) is 0.390. The molecule has 0 aromatic rings. The van der Waals surface area contributed by atoms with E-state index in [0.717, 1.165) is 0 Å². The van der Waals surface area contributed by atoms with Gasteiger partial charge in [-0.2, -0.15) is 12.6 Å². The van der Waals surface area contributed by atoms with Crippen LogP contribution in [0.25, 0.3) is 0 Å². The summed E-state index contributed by atoms with van der Waals surface area (Å²) in [5.74, 6) is 0. The zero-order valence-electron chi connectivity index (χ0n) is 3.14. The summed E-state index contributed by atoms with van der Waals surface area (Å²) in [4.78, 5) is 0. The van der Waals surface area contributed by atoms with Crippen LogP contribution in [0.2, 0.25) is 0 Å². The zero-order chi connectivity index (χ0) is 4.12. The van der Waals surface area contributed by atoms with Gasteiger partial charge in [0.05, 0.1) is 0 Å². The molecule has 0 heterocycles. The molecule has 0 bridgehead atoms. The molecule has 0 aliphatic heterocycles. The van der Waals surface area contributed by atoms with Gasteiger partial charge in [0.25, 0.3) is 0 Å². The highest BCUT2D eigenvalue weighted by molar-refractivity contribution is 7.81. The largest absolute Gasteiger partial charge is 0.442 e. The van der Waals surface area contributed by atoms with Crippen LogP contribution < -0.4 is 0 Å². The lowest BCUT2D eigenvalue weighted by Gasteiger charge is -1.80. The molecular weight excluding hydrogens is 82.9 g/mol. The topological polar surface area (TPSA) is 9.23 Å². The van der Waals surface area contributed by atoms with E-state index in [2.05, 4.69) is 17.3 Å². The minimum atomic E-state index is 0.691. The molecule has 0 amide bonds. The molecule has 0 unspecified atom stereocenters. The maximum atomic E-state index is 4.49. The third-order valence-electron chi connectivity index (χ3n) is 0.241. The Bertz CT molecular complexity index is 17.1. The van der Waals surface area contributed by atoms with E-state index in [0.29, 0.717) is 5.65 Å². The standard InChI is InChI=1S/C2H6BOS/c1-4-3-2-5/h5H,2H2,1H3. The van der Waals surface area contributed by atoms with Crippen LogP contribution in [0.4, 0.5) is 0 Å². The third kappa shape index (κ3) is 4.37. The second-order valence-electron chi connectivity index (χ2n) is 0.585. The van der Waals surface area contributed by atoms with Crippen molar-refractivity contribution in [3.05, 3.63) is 0 Å². The van der Waals surface area contributed by atoms with Crippen molar-refractivity contribution in [3.63, 3.8) is 0 Å². The van der Waals surface area contributed by atoms with Crippen LogP contribution >= 0.6 is 12.6 Å². The molecule has 0 N–H and O–H groups in total. The van der Waals surface area contributed by atoms with Crippen LogP contribution in [0, 0.1) is 0 Å². The average Bonchev–Trinajstić information content (AvgIpc) is 1.41. The van der Waals surface area contributed by atoms with Gasteiger partial charge in [-0.25, -0.2) is 0 Å². The summed E-state index contributed by atoms with van der Waals surface area (Å²) in [6, 6.07) is 0. The molecule has 0 aromatic heterocycles. The zero-order valence-corrected chi connectivity index (χ0v) is 4.03. The minimum Gasteiger partial charge on any atom is -0.442 e. The fourth-order valence-electron chi connectivity index (χ4n) is 0.0745. The monoisotopic (exact) mass is 89.0 g/mol. The first-order chi connectivity index (χ1) is 2.41. The molecule has 1 radical (unpaired) electrons. The molecule has 0 spiro atoms. The predicted molar refractivity (Wildman–Crippen MR) is 26.6 cm³/mol. The van der Waals surface area contributed by atoms with Crippen molar-refractivity contribution in [1.29, 1.82) is 0 Å². The van der Waals surface area contributed by atoms with Crippen molar-refractivity contribution >= 4 is 20.1 Å². The maximum absolute atomic E-state index is 4.49. The Hall–Kier alpha value is 0.375. The smallest absolute Gasteiger partial charge is 0.302 e. The van der Waals surface area contributed by atoms with Crippen molar-refractivity contribution in [3.8, 4) is 0 Å². The molecule has 0 saturated carbocycles. The van der Waals surface area contributed by atoms with Gasteiger partial charge in [0.1, 0.15) is 0 Å². The summed E-state index contributed by atoms with van der Waals surface area (Å²) in [6.07, 6.45) is 0. The minimum absolute atomic E-state index is 0.691. The van der Waals surface area contributed by atoms with Gasteiger partial charge in [-0.3, -0.25) is 0 Å². The Kier molecular flexibility index (Phi) is 4.70. The molecule has 5 heavy (non-hydrogen) atoms. The van der Waals surface area contributed by atoms with Crippen molar-refractivity contribution < 1.29 is 4.65 Å². The molecule has 0 atom stereocenters. The maximum Gasteiger partial charge on any atom is 0.302 e. The predicted octanol–water partition coefficient (Wildman–Crippen LogP) is 0.139. The molecule has 3 heteroatoms. The van der Waals surface area contributed by atoms with Crippen LogP contribution in [-0.4, -0.2) is 20.2 Å². The number of thiol groups is 1. The highest BCUT2D eigenvalue weighted by Gasteiger charge is 1.74. The first-order valence-corrected chi connectivity index (χ1v) is 2.00. The lowest BCUT2D eigenvalue weighted by atomic mass is 10.1. The Morgan fingerprint density at radius 2 is 2.60 bits per heavy atom. The average molecular weight is 88.9 g/mol. The molecule has 0 aliphatic rings. The quantitative estimate of drug-likeness (QED) is 0.374. The van der Waals surface area contributed by atoms with Crippen LogP contribution in [0.1, 0.15) is 0 Å². The van der Waals surface area contributed by atoms with Gasteiger partial charge in [0, 0.05) is 7.11 Å². The second-order valence-corrected chi connectivity index (χ2v) is 0.950. The molecule has 0 aromatic carbocycles. The lowest BCUT2D eigenvalue weighted by molar-refractivity contribution is 0.446. The van der Waals surface area contributed by atoms with Crippen LogP contribution in [-0.2, 0) is 4.65 Å². The van der Waals surface area contributed by atoms with Crippen molar-refractivity contribution in [2.24, 2.45) is 0 Å². The fraction of sp³-hybridized carbons (Fsp3) is 1.00.